The zero-order chi connectivity index (χ0) is 13.9. The molecule has 4 heteroatoms. The van der Waals surface area contributed by atoms with E-state index in [9.17, 15) is 4.79 Å². The van der Waals surface area contributed by atoms with Crippen LogP contribution in [-0.2, 0) is 13.1 Å². The van der Waals surface area contributed by atoms with Gasteiger partial charge in [0.2, 0.25) is 0 Å². The Morgan fingerprint density at radius 1 is 1.20 bits per heavy atom. The number of para-hydroxylation sites is 1. The van der Waals surface area contributed by atoms with E-state index in [1.165, 1.54) is 4.88 Å². The Bertz CT molecular complexity index is 775. The maximum atomic E-state index is 12.1. The second-order valence-corrected chi connectivity index (χ2v) is 5.88. The van der Waals surface area contributed by atoms with Gasteiger partial charge in [-0.3, -0.25) is 4.79 Å². The van der Waals surface area contributed by atoms with Gasteiger partial charge in [-0.25, -0.2) is 0 Å². The fraction of sp³-hybridized carbons (Fsp3) is 0.188. The van der Waals surface area contributed by atoms with Gasteiger partial charge < -0.3 is 10.3 Å². The summed E-state index contributed by atoms with van der Waals surface area (Å²) in [5, 5.41) is 6.45. The van der Waals surface area contributed by atoms with E-state index in [-0.39, 0.29) is 5.56 Å². The van der Waals surface area contributed by atoms with Crippen LogP contribution >= 0.6 is 11.3 Å². The molecule has 0 atom stereocenters. The molecular weight excluding hydrogens is 268 g/mol. The number of hydrogen-bond acceptors (Lipinski definition) is 3. The number of fused-ring (bicyclic) bond motifs is 1. The van der Waals surface area contributed by atoms with Gasteiger partial charge >= 0.3 is 0 Å². The lowest BCUT2D eigenvalue weighted by Gasteiger charge is -2.06. The molecule has 1 aromatic carbocycles. The summed E-state index contributed by atoms with van der Waals surface area (Å²) in [7, 11) is 0. The number of aromatic nitrogens is 1. The molecule has 3 aromatic rings. The number of thiophene rings is 1. The van der Waals surface area contributed by atoms with Gasteiger partial charge in [-0.1, -0.05) is 24.3 Å². The summed E-state index contributed by atoms with van der Waals surface area (Å²) in [6, 6.07) is 12.1. The predicted octanol–water partition coefficient (Wildman–Crippen LogP) is 3.19. The minimum Gasteiger partial charge on any atom is -0.321 e. The number of rotatable bonds is 4. The quantitative estimate of drug-likeness (QED) is 0.773. The predicted molar refractivity (Wildman–Crippen MR) is 84.2 cm³/mol. The van der Waals surface area contributed by atoms with Gasteiger partial charge in [-0.05, 0) is 35.4 Å². The summed E-state index contributed by atoms with van der Waals surface area (Å²) in [6.07, 6.45) is 0. The molecule has 0 radical (unpaired) electrons. The summed E-state index contributed by atoms with van der Waals surface area (Å²) in [5.74, 6) is 0. The molecule has 0 amide bonds. The van der Waals surface area contributed by atoms with Crippen LogP contribution in [0.15, 0.2) is 46.6 Å². The minimum absolute atomic E-state index is 0.00882. The van der Waals surface area contributed by atoms with E-state index >= 15 is 0 Å². The first-order valence-corrected chi connectivity index (χ1v) is 7.46. The molecule has 0 saturated heterocycles. The molecule has 0 bridgehead atoms. The van der Waals surface area contributed by atoms with Crippen molar-refractivity contribution in [2.75, 3.05) is 0 Å². The molecule has 0 spiro atoms. The van der Waals surface area contributed by atoms with Gasteiger partial charge in [0.15, 0.2) is 0 Å². The lowest BCUT2D eigenvalue weighted by Crippen LogP contribution is -2.20. The van der Waals surface area contributed by atoms with Crippen molar-refractivity contribution in [2.24, 2.45) is 0 Å². The molecule has 2 N–H and O–H groups in total. The molecule has 0 saturated carbocycles. The van der Waals surface area contributed by atoms with E-state index in [1.807, 2.05) is 37.3 Å². The third-order valence-corrected chi connectivity index (χ3v) is 4.24. The Hall–Kier alpha value is -1.91. The molecule has 20 heavy (non-hydrogen) atoms. The second kappa shape index (κ2) is 5.61. The second-order valence-electron chi connectivity index (χ2n) is 4.85. The van der Waals surface area contributed by atoms with Crippen molar-refractivity contribution < 1.29 is 0 Å². The minimum atomic E-state index is -0.00882. The maximum Gasteiger partial charge on any atom is 0.252 e. The van der Waals surface area contributed by atoms with Crippen LogP contribution in [0.25, 0.3) is 10.9 Å². The van der Waals surface area contributed by atoms with Crippen LogP contribution in [0.5, 0.6) is 0 Å². The van der Waals surface area contributed by atoms with Crippen molar-refractivity contribution in [2.45, 2.75) is 20.0 Å². The number of H-pyrrole nitrogens is 1. The molecule has 3 nitrogen and oxygen atoms in total. The summed E-state index contributed by atoms with van der Waals surface area (Å²) >= 11 is 1.72. The normalized spacial score (nSPS) is 11.1. The Morgan fingerprint density at radius 2 is 2.10 bits per heavy atom. The van der Waals surface area contributed by atoms with E-state index in [1.54, 1.807) is 11.3 Å². The van der Waals surface area contributed by atoms with Crippen LogP contribution in [0.4, 0.5) is 0 Å². The topological polar surface area (TPSA) is 44.9 Å². The van der Waals surface area contributed by atoms with Crippen molar-refractivity contribution in [3.05, 3.63) is 68.1 Å². The average Bonchev–Trinajstić information content (AvgIpc) is 2.94. The molecule has 2 heterocycles. The van der Waals surface area contributed by atoms with Crippen molar-refractivity contribution in [1.82, 2.24) is 10.3 Å². The third kappa shape index (κ3) is 2.66. The SMILES string of the molecule is Cc1cccc2cc(CNCc3cccs3)c(=O)[nH]c12. The first kappa shape index (κ1) is 13.1. The number of benzene rings is 1. The summed E-state index contributed by atoms with van der Waals surface area (Å²) in [4.78, 5) is 16.3. The molecule has 2 aromatic heterocycles. The fourth-order valence-corrected chi connectivity index (χ4v) is 2.97. The highest BCUT2D eigenvalue weighted by Gasteiger charge is 2.04. The zero-order valence-electron chi connectivity index (χ0n) is 11.3. The Morgan fingerprint density at radius 3 is 2.90 bits per heavy atom. The Labute approximate surface area is 121 Å². The largest absolute Gasteiger partial charge is 0.321 e. The molecule has 0 aliphatic carbocycles. The average molecular weight is 284 g/mol. The van der Waals surface area contributed by atoms with Crippen LogP contribution < -0.4 is 10.9 Å². The molecule has 0 aliphatic heterocycles. The number of hydrogen-bond donors (Lipinski definition) is 2. The van der Waals surface area contributed by atoms with Crippen LogP contribution in [-0.4, -0.2) is 4.98 Å². The Balaban J connectivity index is 1.81. The van der Waals surface area contributed by atoms with Crippen molar-refractivity contribution in [3.8, 4) is 0 Å². The van der Waals surface area contributed by atoms with Gasteiger partial charge in [0.1, 0.15) is 0 Å². The number of aromatic amines is 1. The van der Waals surface area contributed by atoms with E-state index in [0.717, 1.165) is 28.6 Å². The number of nitrogens with one attached hydrogen (secondary N) is 2. The van der Waals surface area contributed by atoms with E-state index in [0.29, 0.717) is 6.54 Å². The summed E-state index contributed by atoms with van der Waals surface area (Å²) in [5.41, 5.74) is 2.79. The maximum absolute atomic E-state index is 12.1. The first-order valence-electron chi connectivity index (χ1n) is 6.58. The lowest BCUT2D eigenvalue weighted by atomic mass is 10.1. The van der Waals surface area contributed by atoms with E-state index in [2.05, 4.69) is 21.7 Å². The van der Waals surface area contributed by atoms with Crippen LogP contribution in [0.3, 0.4) is 0 Å². The van der Waals surface area contributed by atoms with Crippen LogP contribution in [0.1, 0.15) is 16.0 Å². The van der Waals surface area contributed by atoms with Crippen molar-refractivity contribution >= 4 is 22.2 Å². The Kier molecular flexibility index (Phi) is 3.67. The van der Waals surface area contributed by atoms with Crippen LogP contribution in [0, 0.1) is 6.92 Å². The van der Waals surface area contributed by atoms with Crippen LogP contribution in [0.2, 0.25) is 0 Å². The first-order chi connectivity index (χ1) is 9.74. The van der Waals surface area contributed by atoms with E-state index in [4.69, 9.17) is 0 Å². The highest BCUT2D eigenvalue weighted by molar-refractivity contribution is 7.09. The van der Waals surface area contributed by atoms with Gasteiger partial charge in [0.05, 0.1) is 5.52 Å². The molecule has 0 aliphatic rings. The summed E-state index contributed by atoms with van der Waals surface area (Å²) < 4.78 is 0. The molecule has 102 valence electrons. The van der Waals surface area contributed by atoms with Crippen molar-refractivity contribution in [1.29, 1.82) is 0 Å². The van der Waals surface area contributed by atoms with Crippen molar-refractivity contribution in [3.63, 3.8) is 0 Å². The van der Waals surface area contributed by atoms with Gasteiger partial charge in [0.25, 0.3) is 5.56 Å². The number of pyridine rings is 1. The van der Waals surface area contributed by atoms with Gasteiger partial charge in [-0.15, -0.1) is 11.3 Å². The molecule has 0 unspecified atom stereocenters. The molecular formula is C16H16N2OS. The standard InChI is InChI=1S/C16H16N2OS/c1-11-4-2-5-12-8-13(16(19)18-15(11)12)9-17-10-14-6-3-7-20-14/h2-8,17H,9-10H2,1H3,(H,18,19). The smallest absolute Gasteiger partial charge is 0.252 e. The van der Waals surface area contributed by atoms with Gasteiger partial charge in [0, 0.05) is 23.5 Å². The molecule has 0 fully saturated rings. The highest BCUT2D eigenvalue weighted by Crippen LogP contribution is 2.15. The summed E-state index contributed by atoms with van der Waals surface area (Å²) in [6.45, 7) is 3.38. The fourth-order valence-electron chi connectivity index (χ4n) is 2.29. The third-order valence-electron chi connectivity index (χ3n) is 3.36. The monoisotopic (exact) mass is 284 g/mol. The highest BCUT2D eigenvalue weighted by atomic mass is 32.1. The lowest BCUT2D eigenvalue weighted by molar-refractivity contribution is 0.696. The molecule has 3 rings (SSSR count). The van der Waals surface area contributed by atoms with E-state index < -0.39 is 0 Å². The van der Waals surface area contributed by atoms with Gasteiger partial charge in [-0.2, -0.15) is 0 Å². The number of aryl methyl sites for hydroxylation is 1. The zero-order valence-corrected chi connectivity index (χ0v) is 12.1.